The number of nitrogens with one attached hydrogen (secondary N) is 1. The van der Waals surface area contributed by atoms with Crippen molar-refractivity contribution in [1.82, 2.24) is 4.72 Å². The lowest BCUT2D eigenvalue weighted by molar-refractivity contribution is 0.451. The van der Waals surface area contributed by atoms with Crippen LogP contribution in [-0.4, -0.2) is 14.5 Å². The van der Waals surface area contributed by atoms with E-state index in [4.69, 9.17) is 0 Å². The van der Waals surface area contributed by atoms with E-state index < -0.39 is 10.0 Å². The zero-order chi connectivity index (χ0) is 17.6. The number of rotatable bonds is 7. The zero-order valence-electron chi connectivity index (χ0n) is 14.4. The van der Waals surface area contributed by atoms with E-state index in [9.17, 15) is 8.42 Å². The minimum Gasteiger partial charge on any atom is -0.208 e. The SMILES string of the molecule is Cc1ccc(S(=O)(=O)NC(C/C=C/c2ccccc2)C(C)C)cc1. The first kappa shape index (κ1) is 18.4. The lowest BCUT2D eigenvalue weighted by Gasteiger charge is -2.21. The Bertz CT molecular complexity index is 763. The van der Waals surface area contributed by atoms with E-state index in [1.165, 1.54) is 0 Å². The van der Waals surface area contributed by atoms with Crippen molar-refractivity contribution in [3.05, 3.63) is 71.8 Å². The van der Waals surface area contributed by atoms with Crippen LogP contribution in [0, 0.1) is 12.8 Å². The third-order valence-electron chi connectivity index (χ3n) is 3.94. The van der Waals surface area contributed by atoms with Crippen molar-refractivity contribution in [3.8, 4) is 0 Å². The van der Waals surface area contributed by atoms with Crippen molar-refractivity contribution in [2.75, 3.05) is 0 Å². The van der Waals surface area contributed by atoms with Crippen molar-refractivity contribution in [3.63, 3.8) is 0 Å². The van der Waals surface area contributed by atoms with E-state index in [0.29, 0.717) is 11.3 Å². The highest BCUT2D eigenvalue weighted by Gasteiger charge is 2.21. The second kappa shape index (κ2) is 8.27. The van der Waals surface area contributed by atoms with Crippen molar-refractivity contribution >= 4 is 16.1 Å². The summed E-state index contributed by atoms with van der Waals surface area (Å²) in [4.78, 5) is 0.311. The minimum absolute atomic E-state index is 0.142. The average Bonchev–Trinajstić information content (AvgIpc) is 2.55. The molecular weight excluding hydrogens is 318 g/mol. The van der Waals surface area contributed by atoms with Gasteiger partial charge in [0, 0.05) is 6.04 Å². The molecule has 0 aromatic heterocycles. The number of benzene rings is 2. The molecule has 0 aliphatic heterocycles. The van der Waals surface area contributed by atoms with Crippen molar-refractivity contribution in [1.29, 1.82) is 0 Å². The van der Waals surface area contributed by atoms with Crippen LogP contribution in [0.4, 0.5) is 0 Å². The van der Waals surface area contributed by atoms with Gasteiger partial charge in [-0.2, -0.15) is 0 Å². The van der Waals surface area contributed by atoms with E-state index in [1.807, 2.05) is 75.4 Å². The predicted octanol–water partition coefficient (Wildman–Crippen LogP) is 4.40. The van der Waals surface area contributed by atoms with Crippen LogP contribution in [0.5, 0.6) is 0 Å². The molecule has 1 unspecified atom stereocenters. The van der Waals surface area contributed by atoms with E-state index in [1.54, 1.807) is 12.1 Å². The van der Waals surface area contributed by atoms with Crippen LogP contribution < -0.4 is 4.72 Å². The van der Waals surface area contributed by atoms with Gasteiger partial charge in [-0.3, -0.25) is 0 Å². The first-order valence-corrected chi connectivity index (χ1v) is 9.67. The molecule has 2 aromatic carbocycles. The molecule has 0 fully saturated rings. The Morgan fingerprint density at radius 1 is 1.00 bits per heavy atom. The van der Waals surface area contributed by atoms with Gasteiger partial charge >= 0.3 is 0 Å². The summed E-state index contributed by atoms with van der Waals surface area (Å²) in [5, 5.41) is 0. The Balaban J connectivity index is 2.07. The largest absolute Gasteiger partial charge is 0.240 e. The molecule has 24 heavy (non-hydrogen) atoms. The van der Waals surface area contributed by atoms with Crippen LogP contribution in [0.3, 0.4) is 0 Å². The molecule has 0 heterocycles. The molecule has 128 valence electrons. The Labute approximate surface area is 145 Å². The summed E-state index contributed by atoms with van der Waals surface area (Å²) in [6.45, 7) is 5.99. The summed E-state index contributed by atoms with van der Waals surface area (Å²) in [5.41, 5.74) is 2.15. The molecule has 0 amide bonds. The third-order valence-corrected chi connectivity index (χ3v) is 5.45. The maximum atomic E-state index is 12.6. The molecule has 2 rings (SSSR count). The fourth-order valence-corrected chi connectivity index (χ4v) is 3.75. The van der Waals surface area contributed by atoms with E-state index in [-0.39, 0.29) is 12.0 Å². The maximum absolute atomic E-state index is 12.6. The van der Waals surface area contributed by atoms with Crippen molar-refractivity contribution in [2.45, 2.75) is 38.1 Å². The number of aryl methyl sites for hydroxylation is 1. The summed E-state index contributed by atoms with van der Waals surface area (Å²) in [6.07, 6.45) is 4.70. The number of hydrogen-bond acceptors (Lipinski definition) is 2. The van der Waals surface area contributed by atoms with Gasteiger partial charge in [0.1, 0.15) is 0 Å². The molecule has 0 aliphatic carbocycles. The van der Waals surface area contributed by atoms with Crippen LogP contribution in [0.15, 0.2) is 65.6 Å². The fourth-order valence-electron chi connectivity index (χ4n) is 2.36. The Kier molecular flexibility index (Phi) is 6.35. The van der Waals surface area contributed by atoms with Gasteiger partial charge in [0.15, 0.2) is 0 Å². The van der Waals surface area contributed by atoms with Gasteiger partial charge in [0.2, 0.25) is 10.0 Å². The van der Waals surface area contributed by atoms with Gasteiger partial charge in [0.25, 0.3) is 0 Å². The molecule has 1 atom stereocenters. The van der Waals surface area contributed by atoms with Crippen LogP contribution in [0.2, 0.25) is 0 Å². The lowest BCUT2D eigenvalue weighted by Crippen LogP contribution is -2.38. The number of sulfonamides is 1. The summed E-state index contributed by atoms with van der Waals surface area (Å²) >= 11 is 0. The summed E-state index contributed by atoms with van der Waals surface area (Å²) < 4.78 is 27.9. The first-order chi connectivity index (χ1) is 11.4. The van der Waals surface area contributed by atoms with Gasteiger partial charge in [-0.1, -0.05) is 74.0 Å². The predicted molar refractivity (Wildman–Crippen MR) is 100 cm³/mol. The highest BCUT2D eigenvalue weighted by atomic mass is 32.2. The van der Waals surface area contributed by atoms with E-state index >= 15 is 0 Å². The van der Waals surface area contributed by atoms with Crippen LogP contribution in [-0.2, 0) is 10.0 Å². The zero-order valence-corrected chi connectivity index (χ0v) is 15.3. The van der Waals surface area contributed by atoms with Crippen LogP contribution in [0.25, 0.3) is 6.08 Å². The van der Waals surface area contributed by atoms with Gasteiger partial charge in [0.05, 0.1) is 4.90 Å². The first-order valence-electron chi connectivity index (χ1n) is 8.19. The topological polar surface area (TPSA) is 46.2 Å². The van der Waals surface area contributed by atoms with Gasteiger partial charge in [-0.05, 0) is 37.0 Å². The average molecular weight is 343 g/mol. The van der Waals surface area contributed by atoms with Crippen LogP contribution in [0.1, 0.15) is 31.4 Å². The normalized spacial score (nSPS) is 13.5. The summed E-state index contributed by atoms with van der Waals surface area (Å²) in [5.74, 6) is 0.200. The molecule has 4 heteroatoms. The summed E-state index contributed by atoms with van der Waals surface area (Å²) in [7, 11) is -3.50. The molecule has 0 bridgehead atoms. The molecule has 0 saturated carbocycles. The molecule has 0 radical (unpaired) electrons. The van der Waals surface area contributed by atoms with Gasteiger partial charge < -0.3 is 0 Å². The quantitative estimate of drug-likeness (QED) is 0.810. The Morgan fingerprint density at radius 2 is 1.62 bits per heavy atom. The van der Waals surface area contributed by atoms with E-state index in [0.717, 1.165) is 11.1 Å². The minimum atomic E-state index is -3.50. The molecule has 3 nitrogen and oxygen atoms in total. The van der Waals surface area contributed by atoms with Gasteiger partial charge in [-0.15, -0.1) is 0 Å². The highest BCUT2D eigenvalue weighted by Crippen LogP contribution is 2.15. The van der Waals surface area contributed by atoms with E-state index in [2.05, 4.69) is 4.72 Å². The smallest absolute Gasteiger partial charge is 0.208 e. The third kappa shape index (κ3) is 5.32. The molecule has 2 aromatic rings. The molecular formula is C20H25NO2S. The van der Waals surface area contributed by atoms with Crippen LogP contribution >= 0.6 is 0 Å². The molecule has 0 aliphatic rings. The second-order valence-corrected chi connectivity index (χ2v) is 8.05. The monoisotopic (exact) mass is 343 g/mol. The maximum Gasteiger partial charge on any atom is 0.240 e. The molecule has 0 spiro atoms. The second-order valence-electron chi connectivity index (χ2n) is 6.33. The lowest BCUT2D eigenvalue weighted by atomic mass is 10.0. The highest BCUT2D eigenvalue weighted by molar-refractivity contribution is 7.89. The standard InChI is InChI=1S/C20H25NO2S/c1-16(2)20(11-7-10-18-8-5-4-6-9-18)21-24(22,23)19-14-12-17(3)13-15-19/h4-10,12-16,20-21H,11H2,1-3H3/b10-7+. The Hall–Kier alpha value is -1.91. The molecule has 0 saturated heterocycles. The summed E-state index contributed by atoms with van der Waals surface area (Å²) in [6, 6.07) is 16.8. The fraction of sp³-hybridized carbons (Fsp3) is 0.300. The Morgan fingerprint density at radius 3 is 2.21 bits per heavy atom. The van der Waals surface area contributed by atoms with Gasteiger partial charge in [-0.25, -0.2) is 13.1 Å². The molecule has 1 N–H and O–H groups in total. The van der Waals surface area contributed by atoms with Crippen molar-refractivity contribution in [2.24, 2.45) is 5.92 Å². The van der Waals surface area contributed by atoms with Crippen molar-refractivity contribution < 1.29 is 8.42 Å². The number of hydrogen-bond donors (Lipinski definition) is 1.